The number of nitrogens with one attached hydrogen (secondary N) is 3. The molecule has 0 aliphatic rings. The van der Waals surface area contributed by atoms with E-state index in [0.717, 1.165) is 0 Å². The van der Waals surface area contributed by atoms with Crippen LogP contribution < -0.4 is 21.7 Å². The number of carbonyl (C=O) groups is 5. The zero-order chi connectivity index (χ0) is 25.8. The normalized spacial score (nSPS) is 14.4. The number of carboxylic acid groups (broad SMARTS) is 2. The van der Waals surface area contributed by atoms with E-state index >= 15 is 0 Å². The van der Waals surface area contributed by atoms with Crippen molar-refractivity contribution in [3.63, 3.8) is 0 Å². The summed E-state index contributed by atoms with van der Waals surface area (Å²) in [6, 6.07) is 3.79. The molecule has 1 rings (SSSR count). The Morgan fingerprint density at radius 2 is 1.41 bits per heavy atom. The first-order valence-corrected chi connectivity index (χ1v) is 11.3. The van der Waals surface area contributed by atoms with Gasteiger partial charge in [-0.3, -0.25) is 19.2 Å². The second kappa shape index (κ2) is 14.2. The number of amides is 3. The average molecular weight is 497 g/mol. The first-order chi connectivity index (χ1) is 15.9. The fraction of sp³-hybridized carbons (Fsp3) is 0.500. The molecule has 0 aliphatic heterocycles. The molecule has 11 nitrogen and oxygen atoms in total. The Morgan fingerprint density at radius 3 is 1.91 bits per heavy atom. The van der Waals surface area contributed by atoms with Crippen LogP contribution >= 0.6 is 12.6 Å². The van der Waals surface area contributed by atoms with E-state index in [1.165, 1.54) is 0 Å². The summed E-state index contributed by atoms with van der Waals surface area (Å²) in [6.07, 6.45) is -0.353. The Balaban J connectivity index is 3.08. The van der Waals surface area contributed by atoms with Crippen molar-refractivity contribution in [2.45, 2.75) is 57.3 Å². The van der Waals surface area contributed by atoms with Gasteiger partial charge in [0.2, 0.25) is 17.7 Å². The highest BCUT2D eigenvalue weighted by Crippen LogP contribution is 2.07. The van der Waals surface area contributed by atoms with E-state index in [4.69, 9.17) is 10.8 Å². The standard InChI is InChI=1S/C22H32N4O7S/c1-12(2)8-14(23)19(29)24-15(9-13-6-4-3-5-7-13)20(30)25-16(10-18(27)28)21(31)26-17(11-34)22(32)33/h3-7,12,14-17,34H,8-11,23H2,1-2H3,(H,24,29)(H,25,30)(H,26,31)(H,27,28)(H,32,33). The van der Waals surface area contributed by atoms with E-state index in [1.807, 2.05) is 13.8 Å². The Morgan fingerprint density at radius 1 is 0.882 bits per heavy atom. The lowest BCUT2D eigenvalue weighted by Crippen LogP contribution is -2.58. The maximum absolute atomic E-state index is 13.0. The first-order valence-electron chi connectivity index (χ1n) is 10.7. The van der Waals surface area contributed by atoms with Crippen molar-refractivity contribution in [3.8, 4) is 0 Å². The maximum Gasteiger partial charge on any atom is 0.327 e. The number of carboxylic acids is 2. The van der Waals surface area contributed by atoms with Crippen molar-refractivity contribution in [1.82, 2.24) is 16.0 Å². The van der Waals surface area contributed by atoms with Crippen molar-refractivity contribution < 1.29 is 34.2 Å². The second-order valence-corrected chi connectivity index (χ2v) is 8.59. The SMILES string of the molecule is CC(C)CC(N)C(=O)NC(Cc1ccccc1)C(=O)NC(CC(=O)O)C(=O)NC(CS)C(=O)O. The molecular weight excluding hydrogens is 464 g/mol. The molecule has 0 bridgehead atoms. The van der Waals surface area contributed by atoms with Gasteiger partial charge in [-0.1, -0.05) is 44.2 Å². The predicted octanol–water partition coefficient (Wildman–Crippen LogP) is -0.454. The van der Waals surface area contributed by atoms with Gasteiger partial charge >= 0.3 is 11.9 Å². The highest BCUT2D eigenvalue weighted by atomic mass is 32.1. The molecule has 0 heterocycles. The molecule has 188 valence electrons. The molecule has 0 saturated carbocycles. The Bertz CT molecular complexity index is 866. The van der Waals surface area contributed by atoms with Crippen LogP contribution in [0.2, 0.25) is 0 Å². The third-order valence-electron chi connectivity index (χ3n) is 4.79. The smallest absolute Gasteiger partial charge is 0.327 e. The molecule has 4 unspecified atom stereocenters. The van der Waals surface area contributed by atoms with E-state index in [1.54, 1.807) is 30.3 Å². The summed E-state index contributed by atoms with van der Waals surface area (Å²) in [6.45, 7) is 3.79. The Kier molecular flexibility index (Phi) is 12.1. The average Bonchev–Trinajstić information content (AvgIpc) is 2.75. The van der Waals surface area contributed by atoms with Gasteiger partial charge in [0, 0.05) is 12.2 Å². The van der Waals surface area contributed by atoms with Gasteiger partial charge in [0.05, 0.1) is 12.5 Å². The topological polar surface area (TPSA) is 188 Å². The third kappa shape index (κ3) is 10.2. The predicted molar refractivity (Wildman–Crippen MR) is 127 cm³/mol. The number of rotatable bonds is 14. The highest BCUT2D eigenvalue weighted by molar-refractivity contribution is 7.80. The summed E-state index contributed by atoms with van der Waals surface area (Å²) in [5.41, 5.74) is 6.63. The molecule has 0 aliphatic carbocycles. The van der Waals surface area contributed by atoms with Crippen LogP contribution in [0.25, 0.3) is 0 Å². The molecule has 1 aromatic rings. The van der Waals surface area contributed by atoms with Gasteiger partial charge in [0.1, 0.15) is 18.1 Å². The molecule has 0 fully saturated rings. The number of thiol groups is 1. The molecular formula is C22H32N4O7S. The molecule has 12 heteroatoms. The summed E-state index contributed by atoms with van der Waals surface area (Å²) < 4.78 is 0. The van der Waals surface area contributed by atoms with Crippen LogP contribution in [0.3, 0.4) is 0 Å². The van der Waals surface area contributed by atoms with Gasteiger partial charge < -0.3 is 31.9 Å². The molecule has 0 spiro atoms. The summed E-state index contributed by atoms with van der Waals surface area (Å²) in [7, 11) is 0. The van der Waals surface area contributed by atoms with Crippen LogP contribution in [0.1, 0.15) is 32.3 Å². The number of nitrogens with two attached hydrogens (primary N) is 1. The lowest BCUT2D eigenvalue weighted by molar-refractivity contribution is -0.143. The molecule has 0 aromatic heterocycles. The molecule has 34 heavy (non-hydrogen) atoms. The van der Waals surface area contributed by atoms with E-state index in [9.17, 15) is 29.1 Å². The number of hydrogen-bond acceptors (Lipinski definition) is 7. The van der Waals surface area contributed by atoms with E-state index in [-0.39, 0.29) is 18.1 Å². The summed E-state index contributed by atoms with van der Waals surface area (Å²) in [4.78, 5) is 60.6. The van der Waals surface area contributed by atoms with Crippen molar-refractivity contribution in [1.29, 1.82) is 0 Å². The highest BCUT2D eigenvalue weighted by Gasteiger charge is 2.31. The fourth-order valence-electron chi connectivity index (χ4n) is 3.07. The number of carbonyl (C=O) groups excluding carboxylic acids is 3. The minimum Gasteiger partial charge on any atom is -0.481 e. The maximum atomic E-state index is 13.0. The van der Waals surface area contributed by atoms with Gasteiger partial charge in [-0.15, -0.1) is 0 Å². The van der Waals surface area contributed by atoms with Crippen LogP contribution in [0, 0.1) is 5.92 Å². The lowest BCUT2D eigenvalue weighted by Gasteiger charge is -2.25. The van der Waals surface area contributed by atoms with E-state index < -0.39 is 60.2 Å². The van der Waals surface area contributed by atoms with Gasteiger partial charge in [-0.25, -0.2) is 4.79 Å². The zero-order valence-corrected chi connectivity index (χ0v) is 20.0. The van der Waals surface area contributed by atoms with Crippen molar-refractivity contribution in [2.24, 2.45) is 11.7 Å². The van der Waals surface area contributed by atoms with Gasteiger partial charge in [-0.05, 0) is 17.9 Å². The van der Waals surface area contributed by atoms with Crippen LogP contribution in [0.5, 0.6) is 0 Å². The molecule has 4 atom stereocenters. The van der Waals surface area contributed by atoms with Crippen LogP contribution in [0.4, 0.5) is 0 Å². The van der Waals surface area contributed by atoms with Gasteiger partial charge in [0.15, 0.2) is 0 Å². The van der Waals surface area contributed by atoms with Crippen LogP contribution in [-0.2, 0) is 30.4 Å². The van der Waals surface area contributed by atoms with E-state index in [0.29, 0.717) is 12.0 Å². The Hall–Kier alpha value is -3.12. The minimum atomic E-state index is -1.58. The molecule has 3 amide bonds. The third-order valence-corrected chi connectivity index (χ3v) is 5.15. The molecule has 0 radical (unpaired) electrons. The van der Waals surface area contributed by atoms with E-state index in [2.05, 4.69) is 28.6 Å². The van der Waals surface area contributed by atoms with Gasteiger partial charge in [0.25, 0.3) is 0 Å². The van der Waals surface area contributed by atoms with Gasteiger partial charge in [-0.2, -0.15) is 12.6 Å². The minimum absolute atomic E-state index is 0.0581. The van der Waals surface area contributed by atoms with Crippen molar-refractivity contribution in [3.05, 3.63) is 35.9 Å². The van der Waals surface area contributed by atoms with Crippen LogP contribution in [0.15, 0.2) is 30.3 Å². The summed E-state index contributed by atoms with van der Waals surface area (Å²) >= 11 is 3.85. The first kappa shape index (κ1) is 28.9. The molecule has 0 saturated heterocycles. The van der Waals surface area contributed by atoms with Crippen molar-refractivity contribution in [2.75, 3.05) is 5.75 Å². The molecule has 7 N–H and O–H groups in total. The monoisotopic (exact) mass is 496 g/mol. The number of hydrogen-bond donors (Lipinski definition) is 7. The number of aliphatic carboxylic acids is 2. The second-order valence-electron chi connectivity index (χ2n) is 8.23. The summed E-state index contributed by atoms with van der Waals surface area (Å²) in [5.74, 6) is -5.23. The number of benzene rings is 1. The molecule has 1 aromatic carbocycles. The Labute approximate surface area is 203 Å². The lowest BCUT2D eigenvalue weighted by atomic mass is 10.0. The zero-order valence-electron chi connectivity index (χ0n) is 19.1. The van der Waals surface area contributed by atoms with Crippen molar-refractivity contribution >= 4 is 42.3 Å². The van der Waals surface area contributed by atoms with Crippen LogP contribution in [-0.4, -0.2) is 69.8 Å². The fourth-order valence-corrected chi connectivity index (χ4v) is 3.31. The largest absolute Gasteiger partial charge is 0.481 e. The quantitative estimate of drug-likeness (QED) is 0.169. The summed E-state index contributed by atoms with van der Waals surface area (Å²) in [5, 5.41) is 25.3.